The maximum atomic E-state index is 12.5. The average molecular weight is 373 g/mol. The average Bonchev–Trinajstić information content (AvgIpc) is 2.60. The van der Waals surface area contributed by atoms with Crippen molar-refractivity contribution in [3.05, 3.63) is 23.8 Å². The Bertz CT molecular complexity index is 554. The second kappa shape index (κ2) is 12.3. The van der Waals surface area contributed by atoms with E-state index < -0.39 is 6.61 Å². The molecule has 1 aromatic rings. The molecule has 0 spiro atoms. The third kappa shape index (κ3) is 8.84. The zero-order valence-corrected chi connectivity index (χ0v) is 15.9. The van der Waals surface area contributed by atoms with Gasteiger partial charge in [0.15, 0.2) is 17.5 Å². The predicted molar refractivity (Wildman–Crippen MR) is 98.1 cm³/mol. The van der Waals surface area contributed by atoms with Crippen molar-refractivity contribution < 1.29 is 23.0 Å². The number of benzene rings is 1. The number of hydrogen-bond acceptors (Lipinski definition) is 4. The topological polar surface area (TPSA) is 64.1 Å². The van der Waals surface area contributed by atoms with Crippen LogP contribution in [0.2, 0.25) is 0 Å². The molecule has 2 N–H and O–H groups in total. The van der Waals surface area contributed by atoms with Crippen molar-refractivity contribution in [2.24, 2.45) is 10.9 Å². The minimum absolute atomic E-state index is 0.00653. The summed E-state index contributed by atoms with van der Waals surface area (Å²) in [6, 6.07) is 4.89. The Kier molecular flexibility index (Phi) is 10.4. The maximum absolute atomic E-state index is 12.5. The van der Waals surface area contributed by atoms with Gasteiger partial charge in [-0.15, -0.1) is 0 Å². The summed E-state index contributed by atoms with van der Waals surface area (Å²) in [5.41, 5.74) is 0.768. The van der Waals surface area contributed by atoms with Crippen molar-refractivity contribution in [3.8, 4) is 11.5 Å². The number of guanidine groups is 1. The molecule has 0 saturated heterocycles. The molecule has 0 saturated carbocycles. The van der Waals surface area contributed by atoms with E-state index in [9.17, 15) is 8.78 Å². The molecule has 0 fully saturated rings. The Morgan fingerprint density at radius 1 is 1.19 bits per heavy atom. The van der Waals surface area contributed by atoms with E-state index in [1.807, 2.05) is 0 Å². The lowest BCUT2D eigenvalue weighted by molar-refractivity contribution is -0.0512. The Morgan fingerprint density at radius 3 is 2.58 bits per heavy atom. The molecule has 0 radical (unpaired) electrons. The normalized spacial score (nSPS) is 11.8. The van der Waals surface area contributed by atoms with Gasteiger partial charge >= 0.3 is 6.61 Å². The number of hydrogen-bond donors (Lipinski definition) is 2. The van der Waals surface area contributed by atoms with Gasteiger partial charge in [-0.1, -0.05) is 19.9 Å². The van der Waals surface area contributed by atoms with E-state index in [4.69, 9.17) is 9.47 Å². The van der Waals surface area contributed by atoms with Crippen molar-refractivity contribution in [1.82, 2.24) is 10.6 Å². The first-order chi connectivity index (χ1) is 12.5. The summed E-state index contributed by atoms with van der Waals surface area (Å²) in [7, 11) is 3.08. The molecule has 1 aromatic carbocycles. The van der Waals surface area contributed by atoms with Gasteiger partial charge in [0.2, 0.25) is 0 Å². The molecule has 148 valence electrons. The number of nitrogens with one attached hydrogen (secondary N) is 2. The molecule has 26 heavy (non-hydrogen) atoms. The van der Waals surface area contributed by atoms with Crippen LogP contribution in [0.3, 0.4) is 0 Å². The van der Waals surface area contributed by atoms with Crippen molar-refractivity contribution in [2.45, 2.75) is 33.4 Å². The number of ether oxygens (including phenoxy) is 3. The van der Waals surface area contributed by atoms with Gasteiger partial charge in [-0.05, 0) is 30.0 Å². The van der Waals surface area contributed by atoms with Crippen molar-refractivity contribution in [1.29, 1.82) is 0 Å². The zero-order chi connectivity index (χ0) is 19.4. The van der Waals surface area contributed by atoms with Crippen molar-refractivity contribution in [2.75, 3.05) is 33.9 Å². The molecule has 8 heteroatoms. The first-order valence-electron chi connectivity index (χ1n) is 8.60. The van der Waals surface area contributed by atoms with Crippen LogP contribution < -0.4 is 20.1 Å². The minimum atomic E-state index is -2.90. The van der Waals surface area contributed by atoms with E-state index in [1.165, 1.54) is 13.2 Å². The zero-order valence-electron chi connectivity index (χ0n) is 15.9. The van der Waals surface area contributed by atoms with Crippen LogP contribution >= 0.6 is 0 Å². The van der Waals surface area contributed by atoms with Crippen LogP contribution in [0.5, 0.6) is 11.5 Å². The van der Waals surface area contributed by atoms with E-state index in [0.29, 0.717) is 25.0 Å². The Morgan fingerprint density at radius 2 is 1.96 bits per heavy atom. The van der Waals surface area contributed by atoms with Gasteiger partial charge in [-0.3, -0.25) is 4.99 Å². The van der Waals surface area contributed by atoms with E-state index in [-0.39, 0.29) is 11.5 Å². The van der Waals surface area contributed by atoms with Crippen LogP contribution in [0.4, 0.5) is 8.78 Å². The molecule has 0 unspecified atom stereocenters. The summed E-state index contributed by atoms with van der Waals surface area (Å²) < 4.78 is 40.0. The van der Waals surface area contributed by atoms with Crippen LogP contribution in [0.15, 0.2) is 23.2 Å². The monoisotopic (exact) mass is 373 g/mol. The van der Waals surface area contributed by atoms with Gasteiger partial charge in [-0.25, -0.2) is 0 Å². The molecule has 0 aliphatic rings. The van der Waals surface area contributed by atoms with Gasteiger partial charge < -0.3 is 24.8 Å². The first-order valence-corrected chi connectivity index (χ1v) is 8.60. The molecular weight excluding hydrogens is 344 g/mol. The summed E-state index contributed by atoms with van der Waals surface area (Å²) in [4.78, 5) is 4.13. The van der Waals surface area contributed by atoms with Crippen LogP contribution in [0.1, 0.15) is 25.8 Å². The van der Waals surface area contributed by atoms with E-state index >= 15 is 0 Å². The number of halogens is 2. The highest BCUT2D eigenvalue weighted by Gasteiger charge is 2.11. The van der Waals surface area contributed by atoms with Gasteiger partial charge in [0.1, 0.15) is 0 Å². The largest absolute Gasteiger partial charge is 0.493 e. The molecule has 0 aliphatic heterocycles. The van der Waals surface area contributed by atoms with Gasteiger partial charge in [0.05, 0.1) is 7.11 Å². The Hall–Kier alpha value is -2.09. The highest BCUT2D eigenvalue weighted by Crippen LogP contribution is 2.29. The number of aliphatic imine (C=N–C) groups is 1. The quantitative estimate of drug-likeness (QED) is 0.355. The standard InChI is InChI=1S/C18H29F2N3O3/c1-13(2)12-25-9-5-8-22-18(21-3)23-11-14-6-7-15(24-4)16(10-14)26-17(19)20/h6-7,10,13,17H,5,8-9,11-12H2,1-4H3,(H2,21,22,23). The van der Waals surface area contributed by atoms with Crippen LogP contribution in [-0.2, 0) is 11.3 Å². The molecule has 6 nitrogen and oxygen atoms in total. The Labute approximate surface area is 153 Å². The fraction of sp³-hybridized carbons (Fsp3) is 0.611. The maximum Gasteiger partial charge on any atom is 0.387 e. The SMILES string of the molecule is CN=C(NCCCOCC(C)C)NCc1ccc(OC)c(OC(F)F)c1. The third-order valence-corrected chi connectivity index (χ3v) is 3.34. The van der Waals surface area contributed by atoms with Gasteiger partial charge in [0, 0.05) is 33.4 Å². The van der Waals surface area contributed by atoms with Gasteiger partial charge in [0.25, 0.3) is 0 Å². The van der Waals surface area contributed by atoms with Crippen molar-refractivity contribution in [3.63, 3.8) is 0 Å². The highest BCUT2D eigenvalue weighted by atomic mass is 19.3. The fourth-order valence-corrected chi connectivity index (χ4v) is 2.13. The second-order valence-electron chi connectivity index (χ2n) is 6.04. The highest BCUT2D eigenvalue weighted by molar-refractivity contribution is 5.79. The lowest BCUT2D eigenvalue weighted by Gasteiger charge is -2.14. The molecule has 0 aromatic heterocycles. The lowest BCUT2D eigenvalue weighted by Crippen LogP contribution is -2.37. The molecule has 0 heterocycles. The van der Waals surface area contributed by atoms with Gasteiger partial charge in [-0.2, -0.15) is 8.78 Å². The summed E-state index contributed by atoms with van der Waals surface area (Å²) >= 11 is 0. The minimum Gasteiger partial charge on any atom is -0.493 e. The van der Waals surface area contributed by atoms with E-state index in [2.05, 4.69) is 34.2 Å². The second-order valence-corrected chi connectivity index (χ2v) is 6.04. The first kappa shape index (κ1) is 22.0. The van der Waals surface area contributed by atoms with E-state index in [1.54, 1.807) is 19.2 Å². The van der Waals surface area contributed by atoms with Crippen LogP contribution in [0.25, 0.3) is 0 Å². The molecule has 0 atom stereocenters. The number of alkyl halides is 2. The third-order valence-electron chi connectivity index (χ3n) is 3.34. The smallest absolute Gasteiger partial charge is 0.387 e. The van der Waals surface area contributed by atoms with Crippen LogP contribution in [-0.4, -0.2) is 46.5 Å². The van der Waals surface area contributed by atoms with Crippen LogP contribution in [0, 0.1) is 5.92 Å². The summed E-state index contributed by atoms with van der Waals surface area (Å²) in [5.74, 6) is 1.42. The molecule has 1 rings (SSSR count). The number of rotatable bonds is 11. The number of nitrogens with zero attached hydrogens (tertiary/aromatic N) is 1. The molecule has 0 aliphatic carbocycles. The summed E-state index contributed by atoms with van der Waals surface area (Å²) in [6.45, 7) is 3.90. The molecular formula is C18H29F2N3O3. The van der Waals surface area contributed by atoms with Crippen molar-refractivity contribution >= 4 is 5.96 Å². The predicted octanol–water partition coefficient (Wildman–Crippen LogP) is 3.02. The Balaban J connectivity index is 2.43. The molecule has 0 amide bonds. The van der Waals surface area contributed by atoms with E-state index in [0.717, 1.165) is 25.1 Å². The summed E-state index contributed by atoms with van der Waals surface area (Å²) in [6.07, 6.45) is 0.863. The number of methoxy groups -OCH3 is 1. The lowest BCUT2D eigenvalue weighted by atomic mass is 10.2. The fourth-order valence-electron chi connectivity index (χ4n) is 2.13. The molecule has 0 bridgehead atoms. The summed E-state index contributed by atoms with van der Waals surface area (Å²) in [5, 5.41) is 6.31.